The second-order valence-corrected chi connectivity index (χ2v) is 6.69. The van der Waals surface area contributed by atoms with Gasteiger partial charge in [-0.1, -0.05) is 38.1 Å². The maximum Gasteiger partial charge on any atom is 0.277 e. The van der Waals surface area contributed by atoms with Gasteiger partial charge in [0.2, 0.25) is 5.89 Å². The smallest absolute Gasteiger partial charge is 0.277 e. The molecule has 1 atom stereocenters. The zero-order chi connectivity index (χ0) is 20.1. The topological polar surface area (TPSA) is 97.1 Å². The van der Waals surface area contributed by atoms with Crippen LogP contribution < -0.4 is 10.6 Å². The van der Waals surface area contributed by atoms with Crippen molar-refractivity contribution in [2.24, 2.45) is 5.92 Å². The van der Waals surface area contributed by atoms with Gasteiger partial charge in [0.15, 0.2) is 5.69 Å². The third-order valence-corrected chi connectivity index (χ3v) is 4.18. The van der Waals surface area contributed by atoms with Gasteiger partial charge in [0, 0.05) is 11.9 Å². The molecule has 3 rings (SSSR count). The molecule has 0 aliphatic carbocycles. The van der Waals surface area contributed by atoms with Gasteiger partial charge in [-0.05, 0) is 37.1 Å². The van der Waals surface area contributed by atoms with Gasteiger partial charge in [-0.25, -0.2) is 4.98 Å². The van der Waals surface area contributed by atoms with Crippen LogP contribution in [0.4, 0.5) is 5.69 Å². The Balaban J connectivity index is 1.80. The largest absolute Gasteiger partial charge is 0.443 e. The molecule has 7 heteroatoms. The molecule has 0 bridgehead atoms. The van der Waals surface area contributed by atoms with Gasteiger partial charge in [-0.15, -0.1) is 0 Å². The minimum absolute atomic E-state index is 0.00394. The number of anilines is 1. The van der Waals surface area contributed by atoms with E-state index < -0.39 is 6.04 Å². The normalized spacial score (nSPS) is 11.9. The number of carbonyl (C=O) groups excluding carboxylic acids is 2. The average Bonchev–Trinajstić information content (AvgIpc) is 3.08. The summed E-state index contributed by atoms with van der Waals surface area (Å²) < 4.78 is 5.73. The van der Waals surface area contributed by atoms with Gasteiger partial charge in [0.25, 0.3) is 11.8 Å². The number of benzene rings is 1. The number of amides is 2. The number of hydrogen-bond donors (Lipinski definition) is 2. The van der Waals surface area contributed by atoms with Crippen molar-refractivity contribution >= 4 is 17.5 Å². The summed E-state index contributed by atoms with van der Waals surface area (Å²) in [5.74, 6) is -0.0189. The Kier molecular flexibility index (Phi) is 5.84. The second-order valence-electron chi connectivity index (χ2n) is 6.69. The van der Waals surface area contributed by atoms with E-state index >= 15 is 0 Å². The highest BCUT2D eigenvalue weighted by Gasteiger charge is 2.27. The molecule has 0 saturated heterocycles. The van der Waals surface area contributed by atoms with Crippen molar-refractivity contribution in [2.75, 3.05) is 5.32 Å². The lowest BCUT2D eigenvalue weighted by molar-refractivity contribution is 0.0911. The highest BCUT2D eigenvalue weighted by molar-refractivity contribution is 6.03. The fourth-order valence-corrected chi connectivity index (χ4v) is 2.70. The Bertz CT molecular complexity index is 952. The summed E-state index contributed by atoms with van der Waals surface area (Å²) in [5, 5.41) is 5.68. The first-order valence-electron chi connectivity index (χ1n) is 9.01. The number of hydrogen-bond acceptors (Lipinski definition) is 5. The molecule has 0 radical (unpaired) electrons. The summed E-state index contributed by atoms with van der Waals surface area (Å²) in [6.07, 6.45) is 1.56. The number of oxazole rings is 1. The van der Waals surface area contributed by atoms with Crippen LogP contribution in [0, 0.1) is 12.8 Å². The summed E-state index contributed by atoms with van der Waals surface area (Å²) >= 11 is 0. The Morgan fingerprint density at radius 1 is 1.00 bits per heavy atom. The van der Waals surface area contributed by atoms with E-state index in [1.165, 1.54) is 0 Å². The number of nitrogens with zero attached hydrogens (tertiary/aromatic N) is 2. The lowest BCUT2D eigenvalue weighted by Gasteiger charge is -2.18. The standard InChI is InChI=1S/C21H22N4O3/c1-13(2)17(24-19(26)16-11-7-8-12-22-16)21-25-18(14(3)28-21)20(27)23-15-9-5-4-6-10-15/h4-13,17H,1-3H3,(H,23,27)(H,24,26)/t17-/m1/s1. The molecule has 2 amide bonds. The van der Waals surface area contributed by atoms with E-state index in [0.29, 0.717) is 17.1 Å². The first-order chi connectivity index (χ1) is 13.5. The van der Waals surface area contributed by atoms with Gasteiger partial charge in [-0.3, -0.25) is 14.6 Å². The van der Waals surface area contributed by atoms with Gasteiger partial charge < -0.3 is 15.1 Å². The number of rotatable bonds is 6. The van der Waals surface area contributed by atoms with Crippen molar-refractivity contribution in [1.82, 2.24) is 15.3 Å². The molecule has 1 aromatic carbocycles. The predicted octanol–water partition coefficient (Wildman–Crippen LogP) is 3.76. The molecule has 0 aliphatic rings. The van der Waals surface area contributed by atoms with Crippen molar-refractivity contribution in [2.45, 2.75) is 26.8 Å². The lowest BCUT2D eigenvalue weighted by Crippen LogP contribution is -2.32. The maximum atomic E-state index is 12.6. The monoisotopic (exact) mass is 378 g/mol. The SMILES string of the molecule is Cc1oc([C@H](NC(=O)c2ccccn2)C(C)C)nc1C(=O)Nc1ccccc1. The van der Waals surface area contributed by atoms with Crippen molar-refractivity contribution in [3.63, 3.8) is 0 Å². The molecule has 0 saturated carbocycles. The van der Waals surface area contributed by atoms with Crippen LogP contribution in [-0.4, -0.2) is 21.8 Å². The average molecular weight is 378 g/mol. The first kappa shape index (κ1) is 19.3. The van der Waals surface area contributed by atoms with Crippen LogP contribution in [0.2, 0.25) is 0 Å². The van der Waals surface area contributed by atoms with Crippen molar-refractivity contribution in [3.8, 4) is 0 Å². The van der Waals surface area contributed by atoms with E-state index in [2.05, 4.69) is 20.6 Å². The minimum Gasteiger partial charge on any atom is -0.443 e. The van der Waals surface area contributed by atoms with E-state index in [1.807, 2.05) is 32.0 Å². The highest BCUT2D eigenvalue weighted by Crippen LogP contribution is 2.24. The van der Waals surface area contributed by atoms with Gasteiger partial charge in [0.05, 0.1) is 0 Å². The second kappa shape index (κ2) is 8.47. The van der Waals surface area contributed by atoms with E-state index in [-0.39, 0.29) is 29.3 Å². The maximum absolute atomic E-state index is 12.6. The number of carbonyl (C=O) groups is 2. The number of aryl methyl sites for hydroxylation is 1. The predicted molar refractivity (Wildman–Crippen MR) is 105 cm³/mol. The van der Waals surface area contributed by atoms with Crippen LogP contribution in [-0.2, 0) is 0 Å². The molecule has 144 valence electrons. The molecule has 0 unspecified atom stereocenters. The molecular formula is C21H22N4O3. The summed E-state index contributed by atoms with van der Waals surface area (Å²) in [4.78, 5) is 33.4. The first-order valence-corrected chi connectivity index (χ1v) is 9.01. The summed E-state index contributed by atoms with van der Waals surface area (Å²) in [6.45, 7) is 5.55. The molecule has 0 spiro atoms. The van der Waals surface area contributed by atoms with Crippen LogP contribution in [0.15, 0.2) is 59.1 Å². The molecule has 28 heavy (non-hydrogen) atoms. The van der Waals surface area contributed by atoms with E-state index in [0.717, 1.165) is 0 Å². The number of pyridine rings is 1. The van der Waals surface area contributed by atoms with Crippen LogP contribution in [0.1, 0.15) is 52.5 Å². The summed E-state index contributed by atoms with van der Waals surface area (Å²) in [5.41, 5.74) is 1.16. The molecule has 0 aliphatic heterocycles. The van der Waals surface area contributed by atoms with Crippen LogP contribution >= 0.6 is 0 Å². The Labute approximate surface area is 163 Å². The van der Waals surface area contributed by atoms with E-state index in [9.17, 15) is 9.59 Å². The van der Waals surface area contributed by atoms with Crippen LogP contribution in [0.25, 0.3) is 0 Å². The molecule has 0 fully saturated rings. The summed E-state index contributed by atoms with van der Waals surface area (Å²) in [6, 6.07) is 13.7. The fraction of sp³-hybridized carbons (Fsp3) is 0.238. The van der Waals surface area contributed by atoms with Crippen LogP contribution in [0.5, 0.6) is 0 Å². The quantitative estimate of drug-likeness (QED) is 0.681. The molecule has 7 nitrogen and oxygen atoms in total. The molecule has 2 N–H and O–H groups in total. The molecule has 2 heterocycles. The third kappa shape index (κ3) is 4.43. The molecule has 3 aromatic rings. The minimum atomic E-state index is -0.494. The fourth-order valence-electron chi connectivity index (χ4n) is 2.70. The number of aromatic nitrogens is 2. The Hall–Kier alpha value is -3.48. The number of nitrogens with one attached hydrogen (secondary N) is 2. The zero-order valence-corrected chi connectivity index (χ0v) is 16.0. The van der Waals surface area contributed by atoms with Gasteiger partial charge in [0.1, 0.15) is 17.5 Å². The van der Waals surface area contributed by atoms with E-state index in [1.54, 1.807) is 43.5 Å². The van der Waals surface area contributed by atoms with Crippen molar-refractivity contribution < 1.29 is 14.0 Å². The molecular weight excluding hydrogens is 356 g/mol. The van der Waals surface area contributed by atoms with Gasteiger partial charge >= 0.3 is 0 Å². The third-order valence-electron chi connectivity index (χ3n) is 4.18. The number of para-hydroxylation sites is 1. The van der Waals surface area contributed by atoms with E-state index in [4.69, 9.17) is 4.42 Å². The Morgan fingerprint density at radius 3 is 2.36 bits per heavy atom. The zero-order valence-electron chi connectivity index (χ0n) is 16.0. The lowest BCUT2D eigenvalue weighted by atomic mass is 10.0. The van der Waals surface area contributed by atoms with Crippen molar-refractivity contribution in [1.29, 1.82) is 0 Å². The molecule has 2 aromatic heterocycles. The summed E-state index contributed by atoms with van der Waals surface area (Å²) in [7, 11) is 0. The van der Waals surface area contributed by atoms with Crippen LogP contribution in [0.3, 0.4) is 0 Å². The van der Waals surface area contributed by atoms with Gasteiger partial charge in [-0.2, -0.15) is 0 Å². The highest BCUT2D eigenvalue weighted by atomic mass is 16.4. The Morgan fingerprint density at radius 2 is 1.71 bits per heavy atom. The van der Waals surface area contributed by atoms with Crippen molar-refractivity contribution in [3.05, 3.63) is 77.8 Å².